The van der Waals surface area contributed by atoms with Crippen molar-refractivity contribution in [2.45, 2.75) is 64.8 Å². The number of hydrogen-bond acceptors (Lipinski definition) is 4. The van der Waals surface area contributed by atoms with E-state index < -0.39 is 5.50 Å². The molecule has 1 aliphatic heterocycles. The highest BCUT2D eigenvalue weighted by Crippen LogP contribution is 2.30. The van der Waals surface area contributed by atoms with E-state index in [9.17, 15) is 4.79 Å². The number of halogens is 2. The highest BCUT2D eigenvalue weighted by atomic mass is 35.5. The molecule has 0 radical (unpaired) electrons. The van der Waals surface area contributed by atoms with E-state index in [-0.39, 0.29) is 11.7 Å². The maximum Gasteiger partial charge on any atom is 0.133 e. The number of rotatable bonds is 10. The SMILES string of the molecule is CC(=O)C1CCN(CC2=Cc3c(F)cc(CCc4ccc(NCC(C)C)c(C(N)Cl)c4)cc3CC2)CC1. The van der Waals surface area contributed by atoms with Crippen LogP contribution in [0.4, 0.5) is 10.1 Å². The summed E-state index contributed by atoms with van der Waals surface area (Å²) in [6, 6.07) is 10.1. The number of alkyl halides is 1. The molecule has 6 heteroatoms. The molecular weight excluding hydrogens is 485 g/mol. The normalized spacial score (nSPS) is 17.4. The van der Waals surface area contributed by atoms with Crippen molar-refractivity contribution in [3.63, 3.8) is 0 Å². The summed E-state index contributed by atoms with van der Waals surface area (Å²) in [5.74, 6) is 0.916. The Morgan fingerprint density at radius 2 is 1.86 bits per heavy atom. The summed E-state index contributed by atoms with van der Waals surface area (Å²) in [6.07, 6.45) is 7.34. The van der Waals surface area contributed by atoms with Crippen LogP contribution in [0.2, 0.25) is 0 Å². The molecule has 0 bridgehead atoms. The Morgan fingerprint density at radius 3 is 2.54 bits per heavy atom. The summed E-state index contributed by atoms with van der Waals surface area (Å²) in [6.45, 7) is 9.65. The molecule has 3 N–H and O–H groups in total. The largest absolute Gasteiger partial charge is 0.384 e. The number of piperidine rings is 1. The molecule has 0 spiro atoms. The van der Waals surface area contributed by atoms with Gasteiger partial charge >= 0.3 is 0 Å². The second-order valence-electron chi connectivity index (χ2n) is 11.2. The number of nitrogens with zero attached hydrogens (tertiary/aromatic N) is 1. The van der Waals surface area contributed by atoms with Gasteiger partial charge in [-0.05, 0) is 93.3 Å². The van der Waals surface area contributed by atoms with Gasteiger partial charge in [-0.25, -0.2) is 4.39 Å². The van der Waals surface area contributed by atoms with E-state index in [0.717, 1.165) is 98.2 Å². The van der Waals surface area contributed by atoms with Crippen LogP contribution >= 0.6 is 11.6 Å². The molecular formula is C31H41ClFN3O. The number of carbonyl (C=O) groups is 1. The van der Waals surface area contributed by atoms with Crippen LogP contribution in [0.5, 0.6) is 0 Å². The number of nitrogens with two attached hydrogens (primary N) is 1. The molecule has 4 nitrogen and oxygen atoms in total. The molecule has 2 aromatic rings. The molecule has 1 atom stereocenters. The number of carbonyl (C=O) groups excluding carboxylic acids is 1. The van der Waals surface area contributed by atoms with Gasteiger partial charge in [-0.3, -0.25) is 9.69 Å². The molecule has 1 fully saturated rings. The van der Waals surface area contributed by atoms with E-state index in [1.807, 2.05) is 0 Å². The van der Waals surface area contributed by atoms with Crippen LogP contribution in [0.3, 0.4) is 0 Å². The van der Waals surface area contributed by atoms with Crippen molar-refractivity contribution in [3.05, 3.63) is 69.5 Å². The van der Waals surface area contributed by atoms with Gasteiger partial charge in [-0.1, -0.05) is 43.7 Å². The van der Waals surface area contributed by atoms with Crippen LogP contribution in [0.1, 0.15) is 73.4 Å². The van der Waals surface area contributed by atoms with Crippen LogP contribution < -0.4 is 11.1 Å². The van der Waals surface area contributed by atoms with Gasteiger partial charge in [-0.15, -0.1) is 11.6 Å². The molecule has 0 amide bonds. The standard InChI is InChI=1S/C31H41ClFN3O/c1-20(2)18-35-30-9-7-22(15-28(30)31(32)34)4-5-23-14-26-8-6-24(16-27(26)29(33)17-23)19-36-12-10-25(11-13-36)21(3)37/h7,9,14-17,20,25,31,35H,4-6,8,10-13,18-19,34H2,1-3H3. The molecule has 1 aliphatic carbocycles. The van der Waals surface area contributed by atoms with Gasteiger partial charge in [0.2, 0.25) is 0 Å². The number of anilines is 1. The topological polar surface area (TPSA) is 58.4 Å². The van der Waals surface area contributed by atoms with Crippen LogP contribution in [0, 0.1) is 17.7 Å². The first-order valence-electron chi connectivity index (χ1n) is 13.7. The number of likely N-dealkylation sites (tertiary alicyclic amines) is 1. The average molecular weight is 526 g/mol. The number of nitrogens with one attached hydrogen (secondary N) is 1. The van der Waals surface area contributed by atoms with Gasteiger partial charge in [0.1, 0.15) is 17.1 Å². The van der Waals surface area contributed by atoms with E-state index in [1.165, 1.54) is 5.57 Å². The fraction of sp³-hybridized carbons (Fsp3) is 0.516. The third-order valence-electron chi connectivity index (χ3n) is 7.74. The molecule has 4 rings (SSSR count). The van der Waals surface area contributed by atoms with Crippen molar-refractivity contribution >= 4 is 29.1 Å². The number of ketones is 1. The zero-order valence-electron chi connectivity index (χ0n) is 22.5. The van der Waals surface area contributed by atoms with Crippen molar-refractivity contribution in [2.75, 3.05) is 31.5 Å². The molecule has 200 valence electrons. The zero-order valence-corrected chi connectivity index (χ0v) is 23.2. The van der Waals surface area contributed by atoms with Crippen molar-refractivity contribution in [1.29, 1.82) is 0 Å². The van der Waals surface area contributed by atoms with E-state index in [4.69, 9.17) is 17.3 Å². The number of Topliss-reactive ketones (excluding diaryl/α,β-unsaturated/α-hetero) is 1. The average Bonchev–Trinajstić information content (AvgIpc) is 2.87. The van der Waals surface area contributed by atoms with Gasteiger partial charge in [0.15, 0.2) is 0 Å². The molecule has 1 saturated heterocycles. The Labute approximate surface area is 226 Å². The van der Waals surface area contributed by atoms with Crippen molar-refractivity contribution in [1.82, 2.24) is 4.90 Å². The lowest BCUT2D eigenvalue weighted by Gasteiger charge is -2.32. The maximum absolute atomic E-state index is 15.2. The zero-order chi connectivity index (χ0) is 26.5. The number of benzene rings is 2. The first-order valence-corrected chi connectivity index (χ1v) is 14.1. The minimum atomic E-state index is -0.572. The smallest absolute Gasteiger partial charge is 0.133 e. The Morgan fingerprint density at radius 1 is 1.14 bits per heavy atom. The lowest BCUT2D eigenvalue weighted by Crippen LogP contribution is -2.37. The van der Waals surface area contributed by atoms with Gasteiger partial charge < -0.3 is 11.1 Å². The first-order chi connectivity index (χ1) is 17.7. The van der Waals surface area contributed by atoms with Crippen LogP contribution in [-0.2, 0) is 24.1 Å². The summed E-state index contributed by atoms with van der Waals surface area (Å²) < 4.78 is 15.2. The molecule has 2 aliphatic rings. The Bertz CT molecular complexity index is 1140. The Hall–Kier alpha value is -2.21. The fourth-order valence-corrected chi connectivity index (χ4v) is 5.67. The Balaban J connectivity index is 1.39. The van der Waals surface area contributed by atoms with E-state index in [1.54, 1.807) is 13.0 Å². The molecule has 2 aromatic carbocycles. The third kappa shape index (κ3) is 7.43. The van der Waals surface area contributed by atoms with Crippen LogP contribution in [0.15, 0.2) is 35.9 Å². The molecule has 1 heterocycles. The van der Waals surface area contributed by atoms with Crippen molar-refractivity contribution < 1.29 is 9.18 Å². The van der Waals surface area contributed by atoms with E-state index in [0.29, 0.717) is 11.7 Å². The maximum atomic E-state index is 15.2. The monoisotopic (exact) mass is 525 g/mol. The molecule has 0 aromatic heterocycles. The van der Waals surface area contributed by atoms with Gasteiger partial charge in [-0.2, -0.15) is 0 Å². The molecule has 37 heavy (non-hydrogen) atoms. The van der Waals surface area contributed by atoms with Crippen LogP contribution in [-0.4, -0.2) is 36.9 Å². The lowest BCUT2D eigenvalue weighted by molar-refractivity contribution is -0.122. The summed E-state index contributed by atoms with van der Waals surface area (Å²) >= 11 is 6.27. The van der Waals surface area contributed by atoms with E-state index >= 15 is 4.39 Å². The number of hydrogen-bond donors (Lipinski definition) is 2. The summed E-state index contributed by atoms with van der Waals surface area (Å²) in [5, 5.41) is 3.44. The third-order valence-corrected chi connectivity index (χ3v) is 7.98. The van der Waals surface area contributed by atoms with E-state index in [2.05, 4.69) is 54.4 Å². The first kappa shape index (κ1) is 27.8. The predicted molar refractivity (Wildman–Crippen MR) is 153 cm³/mol. The van der Waals surface area contributed by atoms with Crippen molar-refractivity contribution in [3.8, 4) is 0 Å². The molecule has 0 saturated carbocycles. The summed E-state index contributed by atoms with van der Waals surface area (Å²) in [5.41, 5.74) is 12.7. The van der Waals surface area contributed by atoms with Crippen LogP contribution in [0.25, 0.3) is 6.08 Å². The highest BCUT2D eigenvalue weighted by molar-refractivity contribution is 6.20. The lowest BCUT2D eigenvalue weighted by atomic mass is 9.88. The summed E-state index contributed by atoms with van der Waals surface area (Å²) in [7, 11) is 0. The fourth-order valence-electron chi connectivity index (χ4n) is 5.49. The van der Waals surface area contributed by atoms with Gasteiger partial charge in [0.25, 0.3) is 0 Å². The second-order valence-corrected chi connectivity index (χ2v) is 11.7. The minimum absolute atomic E-state index is 0.128. The van der Waals surface area contributed by atoms with Gasteiger partial charge in [0, 0.05) is 35.8 Å². The Kier molecular flexibility index (Phi) is 9.44. The quantitative estimate of drug-likeness (QED) is 0.274. The number of fused-ring (bicyclic) bond motifs is 1. The molecule has 1 unspecified atom stereocenters. The second kappa shape index (κ2) is 12.6. The van der Waals surface area contributed by atoms with Gasteiger partial charge in [0.05, 0.1) is 0 Å². The van der Waals surface area contributed by atoms with Crippen molar-refractivity contribution in [2.24, 2.45) is 17.6 Å². The summed E-state index contributed by atoms with van der Waals surface area (Å²) in [4.78, 5) is 14.0. The number of aryl methyl sites for hydroxylation is 3. The highest BCUT2D eigenvalue weighted by Gasteiger charge is 2.24. The predicted octanol–water partition coefficient (Wildman–Crippen LogP) is 6.51. The minimum Gasteiger partial charge on any atom is -0.384 e.